The normalized spacial score (nSPS) is 16.5. The van der Waals surface area contributed by atoms with Gasteiger partial charge in [0.2, 0.25) is 10.0 Å². The van der Waals surface area contributed by atoms with E-state index in [1.54, 1.807) is 6.92 Å². The first-order valence-corrected chi connectivity index (χ1v) is 7.79. The van der Waals surface area contributed by atoms with Gasteiger partial charge >= 0.3 is 0 Å². The second-order valence-electron chi connectivity index (χ2n) is 5.78. The molecule has 0 aliphatic rings. The Morgan fingerprint density at radius 1 is 1.29 bits per heavy atom. The van der Waals surface area contributed by atoms with Crippen LogP contribution in [-0.4, -0.2) is 24.7 Å². The van der Waals surface area contributed by atoms with E-state index in [9.17, 15) is 8.42 Å². The number of hydrogen-bond acceptors (Lipinski definition) is 3. The van der Waals surface area contributed by atoms with E-state index in [2.05, 4.69) is 4.72 Å². The molecule has 0 amide bonds. The molecule has 0 radical (unpaired) electrons. The molecule has 0 aromatic heterocycles. The van der Waals surface area contributed by atoms with Gasteiger partial charge in [-0.2, -0.15) is 0 Å². The van der Waals surface area contributed by atoms with Crippen LogP contribution in [0.4, 0.5) is 0 Å². The molecule has 1 unspecified atom stereocenters. The molecule has 0 aliphatic heterocycles. The Bertz CT molecular complexity index is 371. The minimum Gasteiger partial charge on any atom is -0.392 e. The lowest BCUT2D eigenvalue weighted by atomic mass is 9.94. The summed E-state index contributed by atoms with van der Waals surface area (Å²) in [5.74, 6) is 0.0920. The summed E-state index contributed by atoms with van der Waals surface area (Å²) < 4.78 is 26.5. The fraction of sp³-hybridized carbons (Fsp3) is 0.909. The SMILES string of the molecule is CCC(C)(NS(=O)(=O)CCC(C)(C)C)C(N)=S. The van der Waals surface area contributed by atoms with Crippen LogP contribution in [0.3, 0.4) is 0 Å². The maximum absolute atomic E-state index is 11.9. The highest BCUT2D eigenvalue weighted by Gasteiger charge is 2.31. The number of hydrogen-bond donors (Lipinski definition) is 2. The fourth-order valence-corrected chi connectivity index (χ4v) is 3.32. The molecule has 17 heavy (non-hydrogen) atoms. The van der Waals surface area contributed by atoms with E-state index in [1.807, 2.05) is 27.7 Å². The summed E-state index contributed by atoms with van der Waals surface area (Å²) in [6, 6.07) is 0. The van der Waals surface area contributed by atoms with E-state index in [0.29, 0.717) is 12.8 Å². The minimum atomic E-state index is -3.35. The maximum atomic E-state index is 11.9. The largest absolute Gasteiger partial charge is 0.392 e. The van der Waals surface area contributed by atoms with Gasteiger partial charge in [-0.15, -0.1) is 0 Å². The summed E-state index contributed by atoms with van der Waals surface area (Å²) in [5, 5.41) is 0. The van der Waals surface area contributed by atoms with Gasteiger partial charge in [-0.1, -0.05) is 39.9 Å². The second kappa shape index (κ2) is 5.63. The number of nitrogens with one attached hydrogen (secondary N) is 1. The first-order valence-electron chi connectivity index (χ1n) is 5.73. The van der Waals surface area contributed by atoms with Crippen LogP contribution in [0.5, 0.6) is 0 Å². The first kappa shape index (κ1) is 16.8. The summed E-state index contributed by atoms with van der Waals surface area (Å²) >= 11 is 4.91. The van der Waals surface area contributed by atoms with E-state index in [4.69, 9.17) is 18.0 Å². The van der Waals surface area contributed by atoms with E-state index < -0.39 is 15.6 Å². The van der Waals surface area contributed by atoms with Crippen LogP contribution in [0.1, 0.15) is 47.5 Å². The summed E-state index contributed by atoms with van der Waals surface area (Å²) in [7, 11) is -3.35. The summed E-state index contributed by atoms with van der Waals surface area (Å²) in [4.78, 5) is 0.180. The molecule has 0 aliphatic carbocycles. The van der Waals surface area contributed by atoms with Crippen molar-refractivity contribution in [3.63, 3.8) is 0 Å². The van der Waals surface area contributed by atoms with Crippen molar-refractivity contribution in [3.05, 3.63) is 0 Å². The van der Waals surface area contributed by atoms with Gasteiger partial charge in [0.05, 0.1) is 16.3 Å². The van der Waals surface area contributed by atoms with Crippen LogP contribution in [0.25, 0.3) is 0 Å². The lowest BCUT2D eigenvalue weighted by Crippen LogP contribution is -2.54. The van der Waals surface area contributed by atoms with Gasteiger partial charge in [0.1, 0.15) is 0 Å². The lowest BCUT2D eigenvalue weighted by Gasteiger charge is -2.28. The number of nitrogens with two attached hydrogens (primary N) is 1. The zero-order valence-electron chi connectivity index (χ0n) is 11.3. The van der Waals surface area contributed by atoms with E-state index >= 15 is 0 Å². The summed E-state index contributed by atoms with van der Waals surface area (Å²) in [6.45, 7) is 9.59. The van der Waals surface area contributed by atoms with Crippen molar-refractivity contribution in [1.29, 1.82) is 0 Å². The van der Waals surface area contributed by atoms with Gasteiger partial charge in [-0.3, -0.25) is 0 Å². The Labute approximate surface area is 110 Å². The Kier molecular flexibility index (Phi) is 5.56. The molecule has 0 fully saturated rings. The minimum absolute atomic E-state index is 0.0133. The van der Waals surface area contributed by atoms with Gasteiger partial charge in [0, 0.05) is 0 Å². The van der Waals surface area contributed by atoms with Gasteiger partial charge in [-0.05, 0) is 25.2 Å². The monoisotopic (exact) mass is 280 g/mol. The van der Waals surface area contributed by atoms with Crippen molar-refractivity contribution in [2.24, 2.45) is 11.1 Å². The zero-order chi connectivity index (χ0) is 13.9. The van der Waals surface area contributed by atoms with Crippen molar-refractivity contribution >= 4 is 27.2 Å². The van der Waals surface area contributed by atoms with Gasteiger partial charge in [0.15, 0.2) is 0 Å². The Morgan fingerprint density at radius 2 is 1.76 bits per heavy atom. The molecule has 0 bridgehead atoms. The van der Waals surface area contributed by atoms with Crippen LogP contribution >= 0.6 is 12.2 Å². The standard InChI is InChI=1S/C11H24N2O2S2/c1-6-11(5,9(12)16)13-17(14,15)8-7-10(2,3)4/h13H,6-8H2,1-5H3,(H2,12,16). The molecule has 102 valence electrons. The highest BCUT2D eigenvalue weighted by Crippen LogP contribution is 2.20. The van der Waals surface area contributed by atoms with Gasteiger partial charge in [0.25, 0.3) is 0 Å². The number of thiocarbonyl (C=S) groups is 1. The smallest absolute Gasteiger partial charge is 0.212 e. The summed E-state index contributed by atoms with van der Waals surface area (Å²) in [5.41, 5.74) is 4.73. The second-order valence-corrected chi connectivity index (χ2v) is 8.06. The average Bonchev–Trinajstić information content (AvgIpc) is 2.13. The van der Waals surface area contributed by atoms with Crippen LogP contribution < -0.4 is 10.5 Å². The van der Waals surface area contributed by atoms with Crippen molar-refractivity contribution in [2.75, 3.05) is 5.75 Å². The van der Waals surface area contributed by atoms with E-state index in [1.165, 1.54) is 0 Å². The van der Waals surface area contributed by atoms with E-state index in [0.717, 1.165) is 0 Å². The predicted molar refractivity (Wildman–Crippen MR) is 76.5 cm³/mol. The molecule has 1 atom stereocenters. The maximum Gasteiger partial charge on any atom is 0.212 e. The molecule has 0 saturated carbocycles. The first-order chi connectivity index (χ1) is 7.42. The molecule has 0 saturated heterocycles. The average molecular weight is 280 g/mol. The predicted octanol–water partition coefficient (Wildman–Crippen LogP) is 1.80. The molecule has 0 aromatic rings. The van der Waals surface area contributed by atoms with Gasteiger partial charge in [-0.25, -0.2) is 13.1 Å². The van der Waals surface area contributed by atoms with Crippen LogP contribution in [0, 0.1) is 5.41 Å². The molecule has 6 heteroatoms. The molecule has 0 rings (SSSR count). The molecule has 0 heterocycles. The number of rotatable bonds is 6. The quantitative estimate of drug-likeness (QED) is 0.728. The molecular weight excluding hydrogens is 256 g/mol. The van der Waals surface area contributed by atoms with Crippen LogP contribution in [-0.2, 0) is 10.0 Å². The lowest BCUT2D eigenvalue weighted by molar-refractivity contribution is 0.394. The fourth-order valence-electron chi connectivity index (χ4n) is 1.13. The van der Waals surface area contributed by atoms with Crippen LogP contribution in [0.15, 0.2) is 0 Å². The van der Waals surface area contributed by atoms with Crippen LogP contribution in [0.2, 0.25) is 0 Å². The highest BCUT2D eigenvalue weighted by molar-refractivity contribution is 7.89. The third-order valence-electron chi connectivity index (χ3n) is 2.75. The Hall–Kier alpha value is -0.200. The zero-order valence-corrected chi connectivity index (χ0v) is 13.0. The van der Waals surface area contributed by atoms with Crippen molar-refractivity contribution in [1.82, 2.24) is 4.72 Å². The Balaban J connectivity index is 4.71. The highest BCUT2D eigenvalue weighted by atomic mass is 32.2. The van der Waals surface area contributed by atoms with E-state index in [-0.39, 0.29) is 16.2 Å². The molecule has 0 aromatic carbocycles. The molecular formula is C11H24N2O2S2. The van der Waals surface area contributed by atoms with Crippen molar-refractivity contribution in [2.45, 2.75) is 53.0 Å². The van der Waals surface area contributed by atoms with Gasteiger partial charge < -0.3 is 5.73 Å². The third kappa shape index (κ3) is 6.33. The molecule has 4 nitrogen and oxygen atoms in total. The van der Waals surface area contributed by atoms with Crippen molar-refractivity contribution < 1.29 is 8.42 Å². The third-order valence-corrected chi connectivity index (χ3v) is 4.71. The Morgan fingerprint density at radius 3 is 2.06 bits per heavy atom. The molecule has 0 spiro atoms. The number of sulfonamides is 1. The topological polar surface area (TPSA) is 72.2 Å². The summed E-state index contributed by atoms with van der Waals surface area (Å²) in [6.07, 6.45) is 1.14. The molecule has 3 N–H and O–H groups in total. The van der Waals surface area contributed by atoms with Crippen molar-refractivity contribution in [3.8, 4) is 0 Å².